The number of carbonyl (C=O) groups is 3. The lowest BCUT2D eigenvalue weighted by atomic mass is 9.65. The fraction of sp³-hybridized carbons (Fsp3) is 0.367. The zero-order valence-electron chi connectivity index (χ0n) is 21.7. The zero-order chi connectivity index (χ0) is 26.9. The third-order valence-electron chi connectivity index (χ3n) is 7.82. The second kappa shape index (κ2) is 10.4. The summed E-state index contributed by atoms with van der Waals surface area (Å²) in [5.74, 6) is -1.17. The normalized spacial score (nSPS) is 18.2. The minimum absolute atomic E-state index is 0.101. The van der Waals surface area contributed by atoms with Crippen LogP contribution in [0.4, 0.5) is 5.69 Å². The van der Waals surface area contributed by atoms with Gasteiger partial charge >= 0.3 is 5.97 Å². The summed E-state index contributed by atoms with van der Waals surface area (Å²) in [7, 11) is 1.58. The van der Waals surface area contributed by atoms with Gasteiger partial charge in [-0.1, -0.05) is 37.5 Å². The summed E-state index contributed by atoms with van der Waals surface area (Å²) < 4.78 is 10.8. The van der Waals surface area contributed by atoms with Crippen molar-refractivity contribution in [1.29, 1.82) is 0 Å². The average Bonchev–Trinajstić information content (AvgIpc) is 3.40. The van der Waals surface area contributed by atoms with Gasteiger partial charge in [0.25, 0.3) is 5.91 Å². The second-order valence-corrected chi connectivity index (χ2v) is 10.3. The van der Waals surface area contributed by atoms with Gasteiger partial charge in [0, 0.05) is 0 Å². The Balaban J connectivity index is 1.56. The van der Waals surface area contributed by atoms with Crippen molar-refractivity contribution < 1.29 is 28.6 Å². The number of amides is 2. The van der Waals surface area contributed by atoms with Crippen LogP contribution in [0.2, 0.25) is 0 Å². The van der Waals surface area contributed by atoms with Gasteiger partial charge < -0.3 is 24.5 Å². The molecule has 0 bridgehead atoms. The Labute approximate surface area is 221 Å². The Kier molecular flexibility index (Phi) is 6.97. The van der Waals surface area contributed by atoms with Gasteiger partial charge in [0.1, 0.15) is 17.4 Å². The molecular weight excluding hydrogens is 484 g/mol. The van der Waals surface area contributed by atoms with Crippen molar-refractivity contribution >= 4 is 23.5 Å². The first-order chi connectivity index (χ1) is 18.3. The molecule has 3 aromatic rings. The Hall–Kier alpha value is -4.07. The first-order valence-electron chi connectivity index (χ1n) is 13.0. The molecule has 2 heterocycles. The van der Waals surface area contributed by atoms with Gasteiger partial charge in [-0.05, 0) is 66.8 Å². The van der Waals surface area contributed by atoms with Gasteiger partial charge in [0.2, 0.25) is 5.91 Å². The number of hydrogen-bond acceptors (Lipinski definition) is 5. The Morgan fingerprint density at radius 1 is 1.13 bits per heavy atom. The van der Waals surface area contributed by atoms with Gasteiger partial charge in [0.15, 0.2) is 0 Å². The molecule has 1 aliphatic carbocycles. The quantitative estimate of drug-likeness (QED) is 0.441. The summed E-state index contributed by atoms with van der Waals surface area (Å²) in [6.07, 6.45) is 5.55. The van der Waals surface area contributed by atoms with E-state index in [1.165, 1.54) is 0 Å². The van der Waals surface area contributed by atoms with Crippen molar-refractivity contribution in [2.75, 3.05) is 12.4 Å². The second-order valence-electron chi connectivity index (χ2n) is 10.3. The van der Waals surface area contributed by atoms with Crippen LogP contribution in [0.25, 0.3) is 0 Å². The predicted octanol–water partition coefficient (Wildman–Crippen LogP) is 5.30. The van der Waals surface area contributed by atoms with E-state index in [9.17, 15) is 19.5 Å². The van der Waals surface area contributed by atoms with E-state index in [4.69, 9.17) is 9.15 Å². The number of ether oxygens (including phenoxy) is 1. The zero-order valence-corrected chi connectivity index (χ0v) is 21.7. The molecule has 1 aliphatic heterocycles. The molecule has 1 unspecified atom stereocenters. The number of aryl methyl sites for hydroxylation is 1. The van der Waals surface area contributed by atoms with E-state index in [0.717, 1.165) is 30.4 Å². The van der Waals surface area contributed by atoms with E-state index in [2.05, 4.69) is 5.32 Å². The summed E-state index contributed by atoms with van der Waals surface area (Å²) in [6.45, 7) is 2.02. The summed E-state index contributed by atoms with van der Waals surface area (Å²) in [4.78, 5) is 42.0. The predicted molar refractivity (Wildman–Crippen MR) is 141 cm³/mol. The van der Waals surface area contributed by atoms with Crippen LogP contribution in [0.15, 0.2) is 59.2 Å². The number of carboxylic acids is 1. The first kappa shape index (κ1) is 25.6. The highest BCUT2D eigenvalue weighted by atomic mass is 16.5. The number of furan rings is 1. The van der Waals surface area contributed by atoms with E-state index in [1.807, 2.05) is 19.1 Å². The number of methoxy groups -OCH3 is 1. The van der Waals surface area contributed by atoms with E-state index in [1.54, 1.807) is 54.7 Å². The lowest BCUT2D eigenvalue weighted by Gasteiger charge is -2.53. The van der Waals surface area contributed by atoms with Gasteiger partial charge in [-0.2, -0.15) is 0 Å². The van der Waals surface area contributed by atoms with Crippen LogP contribution in [0.1, 0.15) is 70.8 Å². The third-order valence-corrected chi connectivity index (χ3v) is 7.82. The SMILES string of the molecule is COc1ccc(CC(=O)Nc2cc(C)cc3c2C(=O)N(Cc2ccco2)C2(CCCCC2)C3C(=O)O)cc1. The molecule has 1 saturated carbocycles. The summed E-state index contributed by atoms with van der Waals surface area (Å²) in [5, 5.41) is 13.5. The van der Waals surface area contributed by atoms with Crippen molar-refractivity contribution in [3.8, 4) is 5.75 Å². The molecule has 1 fully saturated rings. The van der Waals surface area contributed by atoms with Crippen molar-refractivity contribution in [3.63, 3.8) is 0 Å². The molecule has 5 rings (SSSR count). The Morgan fingerprint density at radius 3 is 2.50 bits per heavy atom. The van der Waals surface area contributed by atoms with Crippen molar-refractivity contribution in [3.05, 3.63) is 82.8 Å². The highest BCUT2D eigenvalue weighted by Crippen LogP contribution is 2.51. The summed E-state index contributed by atoms with van der Waals surface area (Å²) >= 11 is 0. The number of hydrogen-bond donors (Lipinski definition) is 2. The monoisotopic (exact) mass is 516 g/mol. The van der Waals surface area contributed by atoms with Gasteiger partial charge in [-0.15, -0.1) is 0 Å². The summed E-state index contributed by atoms with van der Waals surface area (Å²) in [5.41, 5.74) is 1.77. The molecule has 198 valence electrons. The number of nitrogens with zero attached hydrogens (tertiary/aromatic N) is 1. The molecule has 2 aliphatic rings. The Bertz CT molecular complexity index is 1340. The van der Waals surface area contributed by atoms with Crippen molar-refractivity contribution in [2.24, 2.45) is 0 Å². The molecule has 1 spiro atoms. The van der Waals surface area contributed by atoms with Crippen LogP contribution in [0.3, 0.4) is 0 Å². The highest BCUT2D eigenvalue weighted by Gasteiger charge is 2.55. The molecule has 0 saturated heterocycles. The first-order valence-corrected chi connectivity index (χ1v) is 13.0. The molecule has 2 aromatic carbocycles. The fourth-order valence-electron chi connectivity index (χ4n) is 6.16. The van der Waals surface area contributed by atoms with E-state index in [-0.39, 0.29) is 30.3 Å². The number of anilines is 1. The maximum Gasteiger partial charge on any atom is 0.313 e. The lowest BCUT2D eigenvalue weighted by Crippen LogP contribution is -2.61. The molecular formula is C30H32N2O6. The van der Waals surface area contributed by atoms with E-state index in [0.29, 0.717) is 35.6 Å². The maximum absolute atomic E-state index is 14.3. The van der Waals surface area contributed by atoms with Crippen LogP contribution in [-0.4, -0.2) is 40.4 Å². The number of aliphatic carboxylic acids is 1. The van der Waals surface area contributed by atoms with Gasteiger partial charge in [-0.3, -0.25) is 14.4 Å². The smallest absolute Gasteiger partial charge is 0.313 e. The standard InChI is InChI=1S/C30H32N2O6/c1-19-15-23-26(24(16-19)31-25(33)17-20-8-10-21(37-2)11-9-20)28(34)32(18-22-7-6-14-38-22)30(27(23)29(35)36)12-4-3-5-13-30/h6-11,14-16,27H,3-5,12-13,17-18H2,1-2H3,(H,31,33)(H,35,36). The summed E-state index contributed by atoms with van der Waals surface area (Å²) in [6, 6.07) is 14.3. The van der Waals surface area contributed by atoms with E-state index >= 15 is 0 Å². The molecule has 2 N–H and O–H groups in total. The molecule has 0 radical (unpaired) electrons. The van der Waals surface area contributed by atoms with Crippen molar-refractivity contribution in [1.82, 2.24) is 4.90 Å². The fourth-order valence-corrected chi connectivity index (χ4v) is 6.16. The van der Waals surface area contributed by atoms with Crippen LogP contribution in [-0.2, 0) is 22.6 Å². The van der Waals surface area contributed by atoms with Crippen LogP contribution in [0.5, 0.6) is 5.75 Å². The number of nitrogens with one attached hydrogen (secondary N) is 1. The number of carbonyl (C=O) groups excluding carboxylic acids is 2. The number of rotatable bonds is 7. The van der Waals surface area contributed by atoms with Gasteiger partial charge in [-0.25, -0.2) is 0 Å². The van der Waals surface area contributed by atoms with Crippen LogP contribution in [0, 0.1) is 6.92 Å². The molecule has 1 atom stereocenters. The Morgan fingerprint density at radius 2 is 1.87 bits per heavy atom. The number of fused-ring (bicyclic) bond motifs is 1. The van der Waals surface area contributed by atoms with Crippen LogP contribution >= 0.6 is 0 Å². The number of benzene rings is 2. The van der Waals surface area contributed by atoms with Crippen molar-refractivity contribution in [2.45, 2.75) is 63.5 Å². The lowest BCUT2D eigenvalue weighted by molar-refractivity contribution is -0.144. The largest absolute Gasteiger partial charge is 0.497 e. The topological polar surface area (TPSA) is 109 Å². The minimum atomic E-state index is -0.966. The van der Waals surface area contributed by atoms with Crippen LogP contribution < -0.4 is 10.1 Å². The average molecular weight is 517 g/mol. The van der Waals surface area contributed by atoms with E-state index < -0.39 is 17.4 Å². The highest BCUT2D eigenvalue weighted by molar-refractivity contribution is 6.08. The molecule has 38 heavy (non-hydrogen) atoms. The molecule has 1 aromatic heterocycles. The molecule has 8 nitrogen and oxygen atoms in total. The minimum Gasteiger partial charge on any atom is -0.497 e. The maximum atomic E-state index is 14.3. The molecule has 8 heteroatoms. The van der Waals surface area contributed by atoms with Gasteiger partial charge in [0.05, 0.1) is 43.1 Å². The molecule has 2 amide bonds. The third kappa shape index (κ3) is 4.66. The number of carboxylic acid groups (broad SMARTS) is 1.